The normalized spacial score (nSPS) is 9.95. The fraction of sp³-hybridized carbons (Fsp3) is 0.0667. The van der Waals surface area contributed by atoms with E-state index in [1.807, 2.05) is 36.4 Å². The molecule has 0 aliphatic carbocycles. The van der Waals surface area contributed by atoms with Crippen molar-refractivity contribution in [2.45, 2.75) is 6.92 Å². The largest absolute Gasteiger partial charge is 0.340 e. The summed E-state index contributed by atoms with van der Waals surface area (Å²) in [7, 11) is 0. The van der Waals surface area contributed by atoms with Crippen LogP contribution < -0.4 is 5.32 Å². The second kappa shape index (κ2) is 5.67. The molecule has 0 saturated heterocycles. The molecule has 1 N–H and O–H groups in total. The maximum atomic E-state index is 4.31. The van der Waals surface area contributed by atoms with Gasteiger partial charge in [0, 0.05) is 11.1 Å². The van der Waals surface area contributed by atoms with Crippen LogP contribution in [0.4, 0.5) is 11.5 Å². The molecule has 0 aliphatic rings. The van der Waals surface area contributed by atoms with Crippen molar-refractivity contribution in [3.8, 4) is 0 Å². The highest BCUT2D eigenvalue weighted by molar-refractivity contribution is 5.90. The highest BCUT2D eigenvalue weighted by Gasteiger charge is 2.02. The Kier molecular flexibility index (Phi) is 3.97. The Morgan fingerprint density at radius 1 is 0.947 bits per heavy atom. The minimum Gasteiger partial charge on any atom is -0.340 e. The van der Waals surface area contributed by atoms with E-state index >= 15 is 0 Å². The van der Waals surface area contributed by atoms with Crippen LogP contribution in [0.2, 0.25) is 0 Å². The number of nitrogens with zero attached hydrogens (tertiary/aromatic N) is 2. The highest BCUT2D eigenvalue weighted by Crippen LogP contribution is 2.22. The second-order valence-corrected chi connectivity index (χ2v) is 4.23. The molecular weight excluding hydrogens is 258 g/mol. The van der Waals surface area contributed by atoms with Crippen molar-refractivity contribution < 1.29 is 0 Å². The van der Waals surface area contributed by atoms with Gasteiger partial charge in [0.05, 0.1) is 5.52 Å². The summed E-state index contributed by atoms with van der Waals surface area (Å²) in [6.45, 7) is 2.07. The van der Waals surface area contributed by atoms with Crippen LogP contribution in [-0.4, -0.2) is 9.97 Å². The van der Waals surface area contributed by atoms with Crippen molar-refractivity contribution >= 4 is 34.8 Å². The van der Waals surface area contributed by atoms with Gasteiger partial charge in [-0.3, -0.25) is 0 Å². The third kappa shape index (κ3) is 2.83. The van der Waals surface area contributed by atoms with E-state index < -0.39 is 0 Å². The molecular formula is C15H14ClN3. The number of para-hydroxylation sites is 1. The molecule has 96 valence electrons. The molecule has 0 saturated carbocycles. The summed E-state index contributed by atoms with van der Waals surface area (Å²) < 4.78 is 0. The predicted molar refractivity (Wildman–Crippen MR) is 81.2 cm³/mol. The zero-order valence-electron chi connectivity index (χ0n) is 10.5. The minimum atomic E-state index is 0. The number of hydrogen-bond acceptors (Lipinski definition) is 3. The van der Waals surface area contributed by atoms with Crippen molar-refractivity contribution in [3.63, 3.8) is 0 Å². The molecule has 1 heterocycles. The zero-order chi connectivity index (χ0) is 12.4. The van der Waals surface area contributed by atoms with Crippen LogP contribution >= 0.6 is 12.4 Å². The lowest BCUT2D eigenvalue weighted by molar-refractivity contribution is 1.22. The summed E-state index contributed by atoms with van der Waals surface area (Å²) in [5.41, 5.74) is 3.21. The molecule has 0 atom stereocenters. The topological polar surface area (TPSA) is 37.8 Å². The molecule has 0 aliphatic heterocycles. The maximum Gasteiger partial charge on any atom is 0.141 e. The van der Waals surface area contributed by atoms with E-state index in [1.165, 1.54) is 5.56 Å². The molecule has 19 heavy (non-hydrogen) atoms. The molecule has 3 nitrogen and oxygen atoms in total. The quantitative estimate of drug-likeness (QED) is 0.762. The lowest BCUT2D eigenvalue weighted by Gasteiger charge is -2.08. The van der Waals surface area contributed by atoms with E-state index in [-0.39, 0.29) is 12.4 Å². The van der Waals surface area contributed by atoms with E-state index in [2.05, 4.69) is 34.3 Å². The third-order valence-corrected chi connectivity index (χ3v) is 2.82. The smallest absolute Gasteiger partial charge is 0.141 e. The molecule has 1 aromatic heterocycles. The first-order chi connectivity index (χ1) is 8.83. The summed E-state index contributed by atoms with van der Waals surface area (Å²) in [5.74, 6) is 0.839. The summed E-state index contributed by atoms with van der Waals surface area (Å²) in [6, 6.07) is 16.2. The van der Waals surface area contributed by atoms with Crippen LogP contribution in [0, 0.1) is 6.92 Å². The van der Waals surface area contributed by atoms with Gasteiger partial charge in [-0.1, -0.05) is 24.3 Å². The van der Waals surface area contributed by atoms with E-state index in [0.717, 1.165) is 22.4 Å². The Morgan fingerprint density at radius 3 is 2.63 bits per heavy atom. The van der Waals surface area contributed by atoms with Gasteiger partial charge in [0.1, 0.15) is 12.1 Å². The standard InChI is InChI=1S/C15H13N3.ClH/c1-11-5-4-6-12(9-11)18-15-13-7-2-3-8-14(13)16-10-17-15;/h2-10H,1H3,(H,16,17,18);1H. The average Bonchev–Trinajstić information content (AvgIpc) is 2.39. The monoisotopic (exact) mass is 271 g/mol. The van der Waals surface area contributed by atoms with Gasteiger partial charge in [-0.05, 0) is 36.8 Å². The van der Waals surface area contributed by atoms with Gasteiger partial charge in [0.2, 0.25) is 0 Å². The fourth-order valence-electron chi connectivity index (χ4n) is 1.96. The Hall–Kier alpha value is -2.13. The fourth-order valence-corrected chi connectivity index (χ4v) is 1.96. The summed E-state index contributed by atoms with van der Waals surface area (Å²) in [5, 5.41) is 4.37. The van der Waals surface area contributed by atoms with Crippen LogP contribution in [0.5, 0.6) is 0 Å². The Balaban J connectivity index is 0.00000133. The van der Waals surface area contributed by atoms with Crippen molar-refractivity contribution in [2.24, 2.45) is 0 Å². The molecule has 0 fully saturated rings. The first-order valence-electron chi connectivity index (χ1n) is 5.86. The number of aryl methyl sites for hydroxylation is 1. The minimum absolute atomic E-state index is 0. The number of aromatic nitrogens is 2. The molecule has 3 aromatic rings. The number of rotatable bonds is 2. The molecule has 4 heteroatoms. The molecule has 0 amide bonds. The molecule has 0 radical (unpaired) electrons. The maximum absolute atomic E-state index is 4.31. The number of hydrogen-bond donors (Lipinski definition) is 1. The average molecular weight is 272 g/mol. The first kappa shape index (κ1) is 13.3. The predicted octanol–water partition coefficient (Wildman–Crippen LogP) is 4.10. The summed E-state index contributed by atoms with van der Waals surface area (Å²) in [6.07, 6.45) is 1.58. The number of halogens is 1. The molecule has 0 bridgehead atoms. The van der Waals surface area contributed by atoms with E-state index in [9.17, 15) is 0 Å². The lowest BCUT2D eigenvalue weighted by Crippen LogP contribution is -1.95. The number of nitrogens with one attached hydrogen (secondary N) is 1. The SMILES string of the molecule is Cc1cccc(Nc2ncnc3ccccc23)c1.Cl. The molecule has 2 aromatic carbocycles. The summed E-state index contributed by atoms with van der Waals surface area (Å²) in [4.78, 5) is 8.56. The van der Waals surface area contributed by atoms with Gasteiger partial charge in [-0.15, -0.1) is 12.4 Å². The molecule has 0 unspecified atom stereocenters. The van der Waals surface area contributed by atoms with Crippen molar-refractivity contribution in [3.05, 3.63) is 60.4 Å². The Bertz CT molecular complexity index is 692. The third-order valence-electron chi connectivity index (χ3n) is 2.82. The second-order valence-electron chi connectivity index (χ2n) is 4.23. The van der Waals surface area contributed by atoms with Gasteiger partial charge < -0.3 is 5.32 Å². The van der Waals surface area contributed by atoms with Crippen molar-refractivity contribution in [2.75, 3.05) is 5.32 Å². The first-order valence-corrected chi connectivity index (χ1v) is 5.86. The van der Waals surface area contributed by atoms with Gasteiger partial charge in [0.25, 0.3) is 0 Å². The number of anilines is 2. The van der Waals surface area contributed by atoms with Crippen molar-refractivity contribution in [1.29, 1.82) is 0 Å². The van der Waals surface area contributed by atoms with Gasteiger partial charge in [0.15, 0.2) is 0 Å². The van der Waals surface area contributed by atoms with Gasteiger partial charge >= 0.3 is 0 Å². The highest BCUT2D eigenvalue weighted by atomic mass is 35.5. The number of fused-ring (bicyclic) bond motifs is 1. The van der Waals surface area contributed by atoms with Crippen LogP contribution in [0.1, 0.15) is 5.56 Å². The Labute approximate surface area is 118 Å². The van der Waals surface area contributed by atoms with Crippen LogP contribution in [0.3, 0.4) is 0 Å². The van der Waals surface area contributed by atoms with E-state index in [4.69, 9.17) is 0 Å². The lowest BCUT2D eigenvalue weighted by atomic mass is 10.2. The van der Waals surface area contributed by atoms with E-state index in [1.54, 1.807) is 6.33 Å². The molecule has 3 rings (SSSR count). The van der Waals surface area contributed by atoms with Crippen LogP contribution in [-0.2, 0) is 0 Å². The number of benzene rings is 2. The zero-order valence-corrected chi connectivity index (χ0v) is 11.3. The summed E-state index contributed by atoms with van der Waals surface area (Å²) >= 11 is 0. The van der Waals surface area contributed by atoms with E-state index in [0.29, 0.717) is 0 Å². The van der Waals surface area contributed by atoms with Gasteiger partial charge in [-0.2, -0.15) is 0 Å². The molecule has 0 spiro atoms. The van der Waals surface area contributed by atoms with Crippen LogP contribution in [0.15, 0.2) is 54.9 Å². The van der Waals surface area contributed by atoms with Gasteiger partial charge in [-0.25, -0.2) is 9.97 Å². The Morgan fingerprint density at radius 2 is 1.79 bits per heavy atom. The van der Waals surface area contributed by atoms with Crippen molar-refractivity contribution in [1.82, 2.24) is 9.97 Å². The van der Waals surface area contributed by atoms with Crippen LogP contribution in [0.25, 0.3) is 10.9 Å².